The summed E-state index contributed by atoms with van der Waals surface area (Å²) in [6, 6.07) is 10.8. The second-order valence-electron chi connectivity index (χ2n) is 5.63. The molecular formula is C17H23BrN2O. The van der Waals surface area contributed by atoms with Crippen LogP contribution in [0.2, 0.25) is 0 Å². The van der Waals surface area contributed by atoms with Gasteiger partial charge in [-0.3, -0.25) is 4.68 Å². The van der Waals surface area contributed by atoms with E-state index in [2.05, 4.69) is 53.1 Å². The Balaban J connectivity index is 1.98. The smallest absolute Gasteiger partial charge is 0.0628 e. The lowest BCUT2D eigenvalue weighted by Gasteiger charge is -2.13. The zero-order valence-corrected chi connectivity index (χ0v) is 14.3. The van der Waals surface area contributed by atoms with Gasteiger partial charge in [-0.05, 0) is 55.9 Å². The van der Waals surface area contributed by atoms with Gasteiger partial charge in [0.05, 0.1) is 5.69 Å². The average molecular weight is 351 g/mol. The van der Waals surface area contributed by atoms with Crippen molar-refractivity contribution in [2.75, 3.05) is 6.61 Å². The summed E-state index contributed by atoms with van der Waals surface area (Å²) in [4.78, 5) is 0. The monoisotopic (exact) mass is 350 g/mol. The summed E-state index contributed by atoms with van der Waals surface area (Å²) in [6.45, 7) is 4.52. The molecule has 1 heterocycles. The molecule has 2 aromatic rings. The molecule has 0 aliphatic carbocycles. The van der Waals surface area contributed by atoms with Crippen molar-refractivity contribution >= 4 is 15.9 Å². The molecule has 0 aliphatic heterocycles. The SMILES string of the molecule is CCC(C)n1ccc(CC(CO)Cc2ccc(Br)cc2)n1. The van der Waals surface area contributed by atoms with E-state index >= 15 is 0 Å². The summed E-state index contributed by atoms with van der Waals surface area (Å²) in [7, 11) is 0. The van der Waals surface area contributed by atoms with Crippen LogP contribution in [0.4, 0.5) is 0 Å². The first-order chi connectivity index (χ1) is 10.1. The summed E-state index contributed by atoms with van der Waals surface area (Å²) in [6.07, 6.45) is 4.80. The number of aromatic nitrogens is 2. The number of aliphatic hydroxyl groups excluding tert-OH is 1. The highest BCUT2D eigenvalue weighted by Crippen LogP contribution is 2.17. The quantitative estimate of drug-likeness (QED) is 0.819. The van der Waals surface area contributed by atoms with Gasteiger partial charge in [0.1, 0.15) is 0 Å². The van der Waals surface area contributed by atoms with E-state index in [4.69, 9.17) is 0 Å². The molecule has 4 heteroatoms. The van der Waals surface area contributed by atoms with Crippen LogP contribution in [0.3, 0.4) is 0 Å². The highest BCUT2D eigenvalue weighted by molar-refractivity contribution is 9.10. The highest BCUT2D eigenvalue weighted by Gasteiger charge is 2.13. The third-order valence-electron chi connectivity index (χ3n) is 3.90. The van der Waals surface area contributed by atoms with E-state index in [1.165, 1.54) is 5.56 Å². The van der Waals surface area contributed by atoms with E-state index in [-0.39, 0.29) is 12.5 Å². The van der Waals surface area contributed by atoms with Crippen LogP contribution in [0.1, 0.15) is 37.6 Å². The van der Waals surface area contributed by atoms with Crippen molar-refractivity contribution in [1.82, 2.24) is 9.78 Å². The van der Waals surface area contributed by atoms with Crippen LogP contribution in [0.25, 0.3) is 0 Å². The Morgan fingerprint density at radius 3 is 2.52 bits per heavy atom. The van der Waals surface area contributed by atoms with E-state index in [0.29, 0.717) is 6.04 Å². The van der Waals surface area contributed by atoms with Crippen molar-refractivity contribution in [3.63, 3.8) is 0 Å². The van der Waals surface area contributed by atoms with Gasteiger partial charge in [-0.25, -0.2) is 0 Å². The fraction of sp³-hybridized carbons (Fsp3) is 0.471. The molecule has 0 fully saturated rings. The topological polar surface area (TPSA) is 38.0 Å². The van der Waals surface area contributed by atoms with E-state index in [9.17, 15) is 5.11 Å². The van der Waals surface area contributed by atoms with Gasteiger partial charge in [0.2, 0.25) is 0 Å². The molecule has 114 valence electrons. The first-order valence-corrected chi connectivity index (χ1v) is 8.31. The predicted molar refractivity (Wildman–Crippen MR) is 89.4 cm³/mol. The van der Waals surface area contributed by atoms with E-state index in [1.807, 2.05) is 23.0 Å². The van der Waals surface area contributed by atoms with Crippen molar-refractivity contribution < 1.29 is 5.11 Å². The number of aliphatic hydroxyl groups is 1. The molecule has 0 radical (unpaired) electrons. The standard InChI is InChI=1S/C17H23BrN2O/c1-3-13(2)20-9-8-17(19-20)11-15(12-21)10-14-4-6-16(18)7-5-14/h4-9,13,15,21H,3,10-12H2,1-2H3. The second kappa shape index (κ2) is 7.76. The van der Waals surface area contributed by atoms with Gasteiger partial charge in [-0.2, -0.15) is 5.10 Å². The molecule has 0 spiro atoms. The lowest BCUT2D eigenvalue weighted by molar-refractivity contribution is 0.224. The van der Waals surface area contributed by atoms with Gasteiger partial charge >= 0.3 is 0 Å². The molecule has 0 bridgehead atoms. The summed E-state index contributed by atoms with van der Waals surface area (Å²) in [5.41, 5.74) is 2.31. The van der Waals surface area contributed by atoms with E-state index in [0.717, 1.165) is 29.4 Å². The van der Waals surface area contributed by atoms with Crippen LogP contribution >= 0.6 is 15.9 Å². The molecule has 21 heavy (non-hydrogen) atoms. The minimum atomic E-state index is 0.187. The predicted octanol–water partition coefficient (Wildman–Crippen LogP) is 4.01. The Bertz CT molecular complexity index is 550. The Hall–Kier alpha value is -1.13. The summed E-state index contributed by atoms with van der Waals surface area (Å²) >= 11 is 3.44. The Morgan fingerprint density at radius 2 is 1.90 bits per heavy atom. The second-order valence-corrected chi connectivity index (χ2v) is 6.54. The number of halogens is 1. The van der Waals surface area contributed by atoms with Crippen LogP contribution < -0.4 is 0 Å². The van der Waals surface area contributed by atoms with Crippen molar-refractivity contribution in [2.24, 2.45) is 5.92 Å². The molecule has 2 rings (SSSR count). The maximum atomic E-state index is 9.62. The van der Waals surface area contributed by atoms with Gasteiger partial charge < -0.3 is 5.11 Å². The van der Waals surface area contributed by atoms with Gasteiger partial charge in [-0.1, -0.05) is 35.0 Å². The Labute approximate surface area is 135 Å². The van der Waals surface area contributed by atoms with Crippen LogP contribution in [0.5, 0.6) is 0 Å². The number of benzene rings is 1. The highest BCUT2D eigenvalue weighted by atomic mass is 79.9. The molecule has 0 aliphatic rings. The zero-order valence-electron chi connectivity index (χ0n) is 12.7. The van der Waals surface area contributed by atoms with Crippen LogP contribution in [-0.2, 0) is 12.8 Å². The molecular weight excluding hydrogens is 328 g/mol. The first-order valence-electron chi connectivity index (χ1n) is 7.51. The van der Waals surface area contributed by atoms with Crippen molar-refractivity contribution in [3.05, 3.63) is 52.3 Å². The molecule has 3 nitrogen and oxygen atoms in total. The third kappa shape index (κ3) is 4.68. The molecule has 2 atom stereocenters. The maximum absolute atomic E-state index is 9.62. The number of hydrogen-bond donors (Lipinski definition) is 1. The maximum Gasteiger partial charge on any atom is 0.0628 e. The lowest BCUT2D eigenvalue weighted by atomic mass is 9.96. The summed E-state index contributed by atoms with van der Waals surface area (Å²) in [5, 5.41) is 14.2. The average Bonchev–Trinajstić information content (AvgIpc) is 2.96. The number of rotatable bonds is 7. The van der Waals surface area contributed by atoms with Gasteiger partial charge in [0.25, 0.3) is 0 Å². The van der Waals surface area contributed by atoms with E-state index in [1.54, 1.807) is 0 Å². The van der Waals surface area contributed by atoms with Crippen LogP contribution in [-0.4, -0.2) is 21.5 Å². The largest absolute Gasteiger partial charge is 0.396 e. The molecule has 2 unspecified atom stereocenters. The minimum absolute atomic E-state index is 0.187. The fourth-order valence-corrected chi connectivity index (χ4v) is 2.63. The molecule has 0 saturated heterocycles. The Kier molecular flexibility index (Phi) is 6.00. The zero-order chi connectivity index (χ0) is 15.2. The molecule has 1 N–H and O–H groups in total. The fourth-order valence-electron chi connectivity index (χ4n) is 2.37. The lowest BCUT2D eigenvalue weighted by Crippen LogP contribution is -2.14. The van der Waals surface area contributed by atoms with Crippen molar-refractivity contribution in [3.8, 4) is 0 Å². The normalized spacial score (nSPS) is 14.1. The molecule has 1 aromatic carbocycles. The molecule has 0 saturated carbocycles. The molecule has 1 aromatic heterocycles. The van der Waals surface area contributed by atoms with Crippen molar-refractivity contribution in [1.29, 1.82) is 0 Å². The number of hydrogen-bond acceptors (Lipinski definition) is 2. The number of nitrogens with zero attached hydrogens (tertiary/aromatic N) is 2. The third-order valence-corrected chi connectivity index (χ3v) is 4.43. The van der Waals surface area contributed by atoms with Crippen LogP contribution in [0.15, 0.2) is 41.0 Å². The summed E-state index contributed by atoms with van der Waals surface area (Å²) in [5.74, 6) is 0.214. The summed E-state index contributed by atoms with van der Waals surface area (Å²) < 4.78 is 3.10. The van der Waals surface area contributed by atoms with E-state index < -0.39 is 0 Å². The van der Waals surface area contributed by atoms with Crippen LogP contribution in [0, 0.1) is 5.92 Å². The van der Waals surface area contributed by atoms with Gasteiger partial charge in [-0.15, -0.1) is 0 Å². The van der Waals surface area contributed by atoms with Gasteiger partial charge in [0, 0.05) is 23.3 Å². The Morgan fingerprint density at radius 1 is 1.19 bits per heavy atom. The molecule has 0 amide bonds. The van der Waals surface area contributed by atoms with Crippen molar-refractivity contribution in [2.45, 2.75) is 39.2 Å². The minimum Gasteiger partial charge on any atom is -0.396 e. The first kappa shape index (κ1) is 16.2. The van der Waals surface area contributed by atoms with Gasteiger partial charge in [0.15, 0.2) is 0 Å².